The van der Waals surface area contributed by atoms with E-state index in [1.807, 2.05) is 37.3 Å². The maximum Gasteiger partial charge on any atom is 0.190 e. The zero-order chi connectivity index (χ0) is 22.9. The number of rotatable bonds is 8. The van der Waals surface area contributed by atoms with Gasteiger partial charge in [-0.3, -0.25) is 0 Å². The highest BCUT2D eigenvalue weighted by molar-refractivity contribution is 7.91. The Bertz CT molecular complexity index is 1000. The first-order valence-corrected chi connectivity index (χ1v) is 12.4. The average Bonchev–Trinajstić information content (AvgIpc) is 3.23. The molecule has 0 aromatic heterocycles. The number of hydrogen-bond acceptors (Lipinski definition) is 7. The predicted molar refractivity (Wildman–Crippen MR) is 118 cm³/mol. The molecule has 0 radical (unpaired) electrons. The van der Waals surface area contributed by atoms with Crippen LogP contribution in [0.15, 0.2) is 59.5 Å². The fourth-order valence-electron chi connectivity index (χ4n) is 4.22. The molecule has 2 aromatic rings. The van der Waals surface area contributed by atoms with E-state index in [1.54, 1.807) is 38.1 Å². The van der Waals surface area contributed by atoms with Crippen LogP contribution in [0.2, 0.25) is 0 Å². The highest BCUT2D eigenvalue weighted by atomic mass is 32.2. The number of ether oxygens (including phenoxy) is 4. The zero-order valence-electron chi connectivity index (χ0n) is 18.5. The Morgan fingerprint density at radius 2 is 1.75 bits per heavy atom. The summed E-state index contributed by atoms with van der Waals surface area (Å²) < 4.78 is 50.2. The maximum absolute atomic E-state index is 13.0. The Hall–Kier alpha value is -1.81. The summed E-state index contributed by atoms with van der Waals surface area (Å²) in [5.74, 6) is -1.81. The van der Waals surface area contributed by atoms with E-state index in [9.17, 15) is 13.5 Å². The monoisotopic (exact) mass is 462 g/mol. The van der Waals surface area contributed by atoms with Gasteiger partial charge in [-0.05, 0) is 38.5 Å². The van der Waals surface area contributed by atoms with Crippen LogP contribution in [0.4, 0.5) is 0 Å². The Morgan fingerprint density at radius 3 is 2.41 bits per heavy atom. The molecule has 32 heavy (non-hydrogen) atoms. The first-order chi connectivity index (χ1) is 15.2. The van der Waals surface area contributed by atoms with Crippen molar-refractivity contribution in [2.24, 2.45) is 5.92 Å². The van der Waals surface area contributed by atoms with Gasteiger partial charge in [0, 0.05) is 12.5 Å². The molecule has 2 aliphatic rings. The molecule has 5 atom stereocenters. The van der Waals surface area contributed by atoms with Gasteiger partial charge in [0.2, 0.25) is 0 Å². The number of aliphatic hydroxyl groups is 1. The third-order valence-corrected chi connectivity index (χ3v) is 7.68. The van der Waals surface area contributed by atoms with E-state index in [0.29, 0.717) is 6.61 Å². The minimum Gasteiger partial charge on any atom is -0.396 e. The van der Waals surface area contributed by atoms with Gasteiger partial charge in [-0.25, -0.2) is 8.42 Å². The van der Waals surface area contributed by atoms with Gasteiger partial charge in [0.1, 0.15) is 12.2 Å². The molecule has 0 spiro atoms. The summed E-state index contributed by atoms with van der Waals surface area (Å²) in [5, 5.41) is 10.1. The molecule has 2 aliphatic heterocycles. The second kappa shape index (κ2) is 9.21. The van der Waals surface area contributed by atoms with E-state index in [1.165, 1.54) is 0 Å². The lowest BCUT2D eigenvalue weighted by atomic mass is 9.99. The fourth-order valence-corrected chi connectivity index (χ4v) is 5.82. The quantitative estimate of drug-likeness (QED) is 0.645. The van der Waals surface area contributed by atoms with Crippen molar-refractivity contribution in [3.63, 3.8) is 0 Å². The Kier molecular flexibility index (Phi) is 6.72. The molecule has 2 saturated heterocycles. The Balaban J connectivity index is 1.55. The standard InChI is InChI=1S/C24H30O7S/c1-16-9-11-19(12-10-16)32(26,27)15-18(13-25)20-21(28-14-17-7-5-4-6-8-17)22-23(29-20)31-24(2,3)30-22/h4-12,18,20-23,25H,13-15H2,1-3H3/t18?,20-,21-,22-,23-/m1/s1. The first kappa shape index (κ1) is 23.4. The molecule has 2 heterocycles. The summed E-state index contributed by atoms with van der Waals surface area (Å²) in [6.45, 7) is 5.42. The number of aliphatic hydroxyl groups excluding tert-OH is 1. The summed E-state index contributed by atoms with van der Waals surface area (Å²) in [6.07, 6.45) is -2.50. The van der Waals surface area contributed by atoms with Crippen molar-refractivity contribution in [3.8, 4) is 0 Å². The van der Waals surface area contributed by atoms with E-state index in [2.05, 4.69) is 0 Å². The van der Waals surface area contributed by atoms with Gasteiger partial charge in [0.05, 0.1) is 23.4 Å². The highest BCUT2D eigenvalue weighted by Gasteiger charge is 2.57. The lowest BCUT2D eigenvalue weighted by Gasteiger charge is -2.30. The van der Waals surface area contributed by atoms with Crippen molar-refractivity contribution in [1.29, 1.82) is 0 Å². The summed E-state index contributed by atoms with van der Waals surface area (Å²) in [4.78, 5) is 0.218. The van der Waals surface area contributed by atoms with Crippen LogP contribution in [0, 0.1) is 12.8 Å². The molecule has 2 aromatic carbocycles. The predicted octanol–water partition coefficient (Wildman–Crippen LogP) is 2.84. The van der Waals surface area contributed by atoms with Crippen LogP contribution in [0.3, 0.4) is 0 Å². The van der Waals surface area contributed by atoms with Crippen LogP contribution in [0.1, 0.15) is 25.0 Å². The van der Waals surface area contributed by atoms with Gasteiger partial charge in [0.15, 0.2) is 21.9 Å². The third-order valence-electron chi connectivity index (χ3n) is 5.82. The molecule has 1 unspecified atom stereocenters. The van der Waals surface area contributed by atoms with E-state index in [4.69, 9.17) is 18.9 Å². The summed E-state index contributed by atoms with van der Waals surface area (Å²) >= 11 is 0. The van der Waals surface area contributed by atoms with Crippen LogP contribution in [-0.4, -0.2) is 56.3 Å². The number of fused-ring (bicyclic) bond motifs is 1. The molecule has 4 rings (SSSR count). The number of aryl methyl sites for hydroxylation is 1. The van der Waals surface area contributed by atoms with Gasteiger partial charge in [-0.15, -0.1) is 0 Å². The minimum absolute atomic E-state index is 0.218. The number of hydrogen-bond donors (Lipinski definition) is 1. The summed E-state index contributed by atoms with van der Waals surface area (Å²) in [6, 6.07) is 16.4. The average molecular weight is 463 g/mol. The molecular formula is C24H30O7S. The highest BCUT2D eigenvalue weighted by Crippen LogP contribution is 2.41. The number of sulfone groups is 1. The SMILES string of the molecule is Cc1ccc(S(=O)(=O)CC(CO)[C@H]2O[C@@H]3OC(C)(C)O[C@@H]3[C@@H]2OCc2ccccc2)cc1. The van der Waals surface area contributed by atoms with Gasteiger partial charge in [0.25, 0.3) is 0 Å². The summed E-state index contributed by atoms with van der Waals surface area (Å²) in [5.41, 5.74) is 1.95. The lowest BCUT2D eigenvalue weighted by molar-refractivity contribution is -0.225. The minimum atomic E-state index is -3.64. The zero-order valence-corrected chi connectivity index (χ0v) is 19.3. The molecule has 0 saturated carbocycles. The van der Waals surface area contributed by atoms with Crippen molar-refractivity contribution in [2.45, 2.75) is 62.7 Å². The van der Waals surface area contributed by atoms with Crippen molar-refractivity contribution >= 4 is 9.84 Å². The van der Waals surface area contributed by atoms with Crippen LogP contribution < -0.4 is 0 Å². The molecule has 7 nitrogen and oxygen atoms in total. The van der Waals surface area contributed by atoms with Crippen molar-refractivity contribution in [3.05, 3.63) is 65.7 Å². The molecule has 1 N–H and O–H groups in total. The van der Waals surface area contributed by atoms with Crippen molar-refractivity contribution in [2.75, 3.05) is 12.4 Å². The Morgan fingerprint density at radius 1 is 1.06 bits per heavy atom. The molecule has 8 heteroatoms. The van der Waals surface area contributed by atoms with Crippen molar-refractivity contribution < 1.29 is 32.5 Å². The molecule has 2 fully saturated rings. The van der Waals surface area contributed by atoms with Gasteiger partial charge in [-0.1, -0.05) is 48.0 Å². The van der Waals surface area contributed by atoms with Crippen LogP contribution in [0.25, 0.3) is 0 Å². The second-order valence-electron chi connectivity index (χ2n) is 8.87. The molecule has 0 aliphatic carbocycles. The topological polar surface area (TPSA) is 91.3 Å². The van der Waals surface area contributed by atoms with Crippen LogP contribution >= 0.6 is 0 Å². The Labute approximate surface area is 189 Å². The van der Waals surface area contributed by atoms with E-state index < -0.39 is 46.1 Å². The van der Waals surface area contributed by atoms with Gasteiger partial charge < -0.3 is 24.1 Å². The molecule has 0 amide bonds. The number of benzene rings is 2. The molecule has 174 valence electrons. The van der Waals surface area contributed by atoms with Crippen LogP contribution in [0.5, 0.6) is 0 Å². The van der Waals surface area contributed by atoms with Crippen LogP contribution in [-0.2, 0) is 35.4 Å². The fraction of sp³-hybridized carbons (Fsp3) is 0.500. The normalized spacial score (nSPS) is 27.9. The van der Waals surface area contributed by atoms with E-state index in [-0.39, 0.29) is 17.3 Å². The second-order valence-corrected chi connectivity index (χ2v) is 10.9. The maximum atomic E-state index is 13.0. The van der Waals surface area contributed by atoms with Crippen molar-refractivity contribution in [1.82, 2.24) is 0 Å². The van der Waals surface area contributed by atoms with Gasteiger partial charge in [-0.2, -0.15) is 0 Å². The third kappa shape index (κ3) is 5.06. The molecular weight excluding hydrogens is 432 g/mol. The summed E-state index contributed by atoms with van der Waals surface area (Å²) in [7, 11) is -3.64. The largest absolute Gasteiger partial charge is 0.396 e. The smallest absolute Gasteiger partial charge is 0.190 e. The first-order valence-electron chi connectivity index (χ1n) is 10.8. The lowest BCUT2D eigenvalue weighted by Crippen LogP contribution is -2.43. The van der Waals surface area contributed by atoms with E-state index >= 15 is 0 Å². The molecule has 0 bridgehead atoms. The van der Waals surface area contributed by atoms with Gasteiger partial charge >= 0.3 is 0 Å². The van der Waals surface area contributed by atoms with E-state index in [0.717, 1.165) is 11.1 Å².